The smallest absolute Gasteiger partial charge is 0.106 e. The molecule has 17 heavy (non-hydrogen) atoms. The second-order valence-electron chi connectivity index (χ2n) is 3.73. The normalized spacial score (nSPS) is 9.88. The molecule has 0 aliphatic carbocycles. The van der Waals surface area contributed by atoms with E-state index in [4.69, 9.17) is 12.2 Å². The van der Waals surface area contributed by atoms with Gasteiger partial charge in [0.05, 0.1) is 0 Å². The molecular formula is C14H14N2S. The lowest BCUT2D eigenvalue weighted by molar-refractivity contribution is 0.875. The molecule has 0 aliphatic rings. The molecule has 0 fully saturated rings. The summed E-state index contributed by atoms with van der Waals surface area (Å²) in [6.45, 7) is 0.852. The second kappa shape index (κ2) is 6.11. The molecule has 1 N–H and O–H groups in total. The molecule has 0 bridgehead atoms. The molecule has 2 nitrogen and oxygen atoms in total. The van der Waals surface area contributed by atoms with Gasteiger partial charge in [-0.05, 0) is 24.1 Å². The van der Waals surface area contributed by atoms with Crippen LogP contribution in [0.1, 0.15) is 11.1 Å². The van der Waals surface area contributed by atoms with Crippen molar-refractivity contribution in [2.45, 2.75) is 6.42 Å². The molecule has 0 radical (unpaired) electrons. The summed E-state index contributed by atoms with van der Waals surface area (Å²) in [6.07, 6.45) is 4.48. The lowest BCUT2D eigenvalue weighted by atomic mass is 10.1. The van der Waals surface area contributed by atoms with Gasteiger partial charge < -0.3 is 5.32 Å². The van der Waals surface area contributed by atoms with Crippen molar-refractivity contribution < 1.29 is 0 Å². The van der Waals surface area contributed by atoms with E-state index >= 15 is 0 Å². The maximum absolute atomic E-state index is 5.30. The van der Waals surface area contributed by atoms with Crippen molar-refractivity contribution in [2.75, 3.05) is 6.54 Å². The Bertz CT molecular complexity index is 468. The Morgan fingerprint density at radius 1 is 1.06 bits per heavy atom. The first-order valence-corrected chi connectivity index (χ1v) is 5.99. The maximum Gasteiger partial charge on any atom is 0.106 e. The average molecular weight is 242 g/mol. The predicted octanol–water partition coefficient (Wildman–Crippen LogP) is 2.59. The number of nitrogens with zero attached hydrogens (tertiary/aromatic N) is 1. The zero-order valence-electron chi connectivity index (χ0n) is 9.47. The highest BCUT2D eigenvalue weighted by Crippen LogP contribution is 2.00. The van der Waals surface area contributed by atoms with E-state index in [1.54, 1.807) is 12.4 Å². The van der Waals surface area contributed by atoms with E-state index in [1.807, 2.05) is 18.2 Å². The molecule has 0 unspecified atom stereocenters. The van der Waals surface area contributed by atoms with Crippen LogP contribution in [0.25, 0.3) is 0 Å². The number of thiocarbonyl (C=S) groups is 1. The van der Waals surface area contributed by atoms with Crippen LogP contribution in [0.2, 0.25) is 0 Å². The molecule has 1 heterocycles. The number of rotatable bonds is 4. The van der Waals surface area contributed by atoms with Crippen molar-refractivity contribution >= 4 is 17.2 Å². The van der Waals surface area contributed by atoms with E-state index in [2.05, 4.69) is 34.6 Å². The molecule has 3 heteroatoms. The quantitative estimate of drug-likeness (QED) is 0.834. The van der Waals surface area contributed by atoms with Gasteiger partial charge in [-0.3, -0.25) is 4.98 Å². The van der Waals surface area contributed by atoms with E-state index in [0.29, 0.717) is 0 Å². The van der Waals surface area contributed by atoms with E-state index in [9.17, 15) is 0 Å². The lowest BCUT2D eigenvalue weighted by Crippen LogP contribution is -2.24. The molecule has 2 aromatic rings. The Balaban J connectivity index is 1.82. The highest BCUT2D eigenvalue weighted by Gasteiger charge is 1.99. The minimum atomic E-state index is 0.781. The first-order valence-electron chi connectivity index (χ1n) is 5.58. The van der Waals surface area contributed by atoms with E-state index in [-0.39, 0.29) is 0 Å². The number of pyridine rings is 1. The fourth-order valence-electron chi connectivity index (χ4n) is 1.57. The van der Waals surface area contributed by atoms with Crippen LogP contribution in [-0.2, 0) is 6.42 Å². The molecule has 0 saturated heterocycles. The SMILES string of the molecule is S=C(NCCc1ccccc1)c1ccncc1. The Hall–Kier alpha value is -1.74. The number of hydrogen-bond acceptors (Lipinski definition) is 2. The van der Waals surface area contributed by atoms with Gasteiger partial charge >= 0.3 is 0 Å². The summed E-state index contributed by atoms with van der Waals surface area (Å²) < 4.78 is 0. The Labute approximate surface area is 107 Å². The molecule has 0 spiro atoms. The van der Waals surface area contributed by atoms with Gasteiger partial charge in [0.25, 0.3) is 0 Å². The summed E-state index contributed by atoms with van der Waals surface area (Å²) in [6, 6.07) is 14.2. The highest BCUT2D eigenvalue weighted by atomic mass is 32.1. The Kier molecular flexibility index (Phi) is 4.22. The minimum absolute atomic E-state index is 0.781. The van der Waals surface area contributed by atoms with E-state index in [1.165, 1.54) is 5.56 Å². The van der Waals surface area contributed by atoms with Crippen LogP contribution in [0.3, 0.4) is 0 Å². The van der Waals surface area contributed by atoms with Gasteiger partial charge in [0, 0.05) is 24.5 Å². The number of nitrogens with one attached hydrogen (secondary N) is 1. The molecule has 0 amide bonds. The largest absolute Gasteiger partial charge is 0.375 e. The summed E-state index contributed by atoms with van der Waals surface area (Å²) in [5, 5.41) is 3.25. The second-order valence-corrected chi connectivity index (χ2v) is 4.14. The fraction of sp³-hybridized carbons (Fsp3) is 0.143. The van der Waals surface area contributed by atoms with Crippen LogP contribution >= 0.6 is 12.2 Å². The first-order chi connectivity index (χ1) is 8.36. The molecule has 86 valence electrons. The summed E-state index contributed by atoms with van der Waals surface area (Å²) in [5.74, 6) is 0. The zero-order valence-corrected chi connectivity index (χ0v) is 10.3. The highest BCUT2D eigenvalue weighted by molar-refractivity contribution is 7.80. The third-order valence-electron chi connectivity index (χ3n) is 2.48. The number of benzene rings is 1. The van der Waals surface area contributed by atoms with Crippen LogP contribution in [0.15, 0.2) is 54.9 Å². The van der Waals surface area contributed by atoms with Crippen LogP contribution in [0.5, 0.6) is 0 Å². The first kappa shape index (κ1) is 11.7. The van der Waals surface area contributed by atoms with Crippen molar-refractivity contribution in [1.29, 1.82) is 0 Å². The van der Waals surface area contributed by atoms with Crippen molar-refractivity contribution in [1.82, 2.24) is 10.3 Å². The van der Waals surface area contributed by atoms with Crippen LogP contribution in [-0.4, -0.2) is 16.5 Å². The average Bonchev–Trinajstić information content (AvgIpc) is 2.41. The molecule has 0 saturated carbocycles. The Morgan fingerprint density at radius 3 is 2.47 bits per heavy atom. The molecule has 0 atom stereocenters. The van der Waals surface area contributed by atoms with Crippen molar-refractivity contribution in [3.8, 4) is 0 Å². The maximum atomic E-state index is 5.30. The minimum Gasteiger partial charge on any atom is -0.375 e. The third kappa shape index (κ3) is 3.64. The van der Waals surface area contributed by atoms with Gasteiger partial charge in [-0.15, -0.1) is 0 Å². The van der Waals surface area contributed by atoms with Gasteiger partial charge in [-0.2, -0.15) is 0 Å². The number of aromatic nitrogens is 1. The summed E-state index contributed by atoms with van der Waals surface area (Å²) >= 11 is 5.30. The zero-order chi connectivity index (χ0) is 11.9. The van der Waals surface area contributed by atoms with Gasteiger partial charge in [0.15, 0.2) is 0 Å². The molecule has 1 aromatic carbocycles. The summed E-state index contributed by atoms with van der Waals surface area (Å²) in [7, 11) is 0. The molecule has 2 rings (SSSR count). The van der Waals surface area contributed by atoms with Crippen molar-refractivity contribution in [3.63, 3.8) is 0 Å². The summed E-state index contributed by atoms with van der Waals surface area (Å²) in [5.41, 5.74) is 2.33. The Morgan fingerprint density at radius 2 is 1.76 bits per heavy atom. The van der Waals surface area contributed by atoms with Gasteiger partial charge in [-0.25, -0.2) is 0 Å². The predicted molar refractivity (Wildman–Crippen MR) is 74.1 cm³/mol. The third-order valence-corrected chi connectivity index (χ3v) is 2.86. The van der Waals surface area contributed by atoms with Crippen molar-refractivity contribution in [2.24, 2.45) is 0 Å². The van der Waals surface area contributed by atoms with Crippen LogP contribution in [0, 0.1) is 0 Å². The molecular weight excluding hydrogens is 228 g/mol. The van der Waals surface area contributed by atoms with E-state index in [0.717, 1.165) is 23.5 Å². The standard InChI is InChI=1S/C14H14N2S/c17-14(13-7-9-15-10-8-13)16-11-6-12-4-2-1-3-5-12/h1-5,7-10H,6,11H2,(H,16,17). The molecule has 0 aliphatic heterocycles. The van der Waals surface area contributed by atoms with Gasteiger partial charge in [0.1, 0.15) is 4.99 Å². The van der Waals surface area contributed by atoms with E-state index < -0.39 is 0 Å². The number of hydrogen-bond donors (Lipinski definition) is 1. The topological polar surface area (TPSA) is 24.9 Å². The summed E-state index contributed by atoms with van der Waals surface area (Å²) in [4.78, 5) is 4.75. The van der Waals surface area contributed by atoms with Crippen LogP contribution in [0.4, 0.5) is 0 Å². The van der Waals surface area contributed by atoms with Crippen LogP contribution < -0.4 is 5.32 Å². The van der Waals surface area contributed by atoms with Gasteiger partial charge in [-0.1, -0.05) is 42.5 Å². The van der Waals surface area contributed by atoms with Crippen molar-refractivity contribution in [3.05, 3.63) is 66.0 Å². The lowest BCUT2D eigenvalue weighted by Gasteiger charge is -2.07. The monoisotopic (exact) mass is 242 g/mol. The molecule has 1 aromatic heterocycles. The van der Waals surface area contributed by atoms with Gasteiger partial charge in [0.2, 0.25) is 0 Å². The fourth-order valence-corrected chi connectivity index (χ4v) is 1.81.